The van der Waals surface area contributed by atoms with Crippen LogP contribution in [0.4, 0.5) is 0 Å². The van der Waals surface area contributed by atoms with Gasteiger partial charge in [0.15, 0.2) is 0 Å². The zero-order chi connectivity index (χ0) is 28.5. The Morgan fingerprint density at radius 1 is 0.900 bits per heavy atom. The van der Waals surface area contributed by atoms with Crippen molar-refractivity contribution in [3.8, 4) is 28.4 Å². The van der Waals surface area contributed by atoms with Crippen molar-refractivity contribution in [3.05, 3.63) is 71.2 Å². The third-order valence-corrected chi connectivity index (χ3v) is 5.75. The fraction of sp³-hybridized carbons (Fsp3) is 0.286. The minimum absolute atomic E-state index is 0.0298. The van der Waals surface area contributed by atoms with Crippen LogP contribution in [0.3, 0.4) is 0 Å². The first-order valence-corrected chi connectivity index (χ1v) is 12.8. The first-order chi connectivity index (χ1) is 19.5. The molecule has 4 aromatic rings. The van der Waals surface area contributed by atoms with Crippen molar-refractivity contribution in [2.45, 2.75) is 33.6 Å². The van der Waals surface area contributed by atoms with Gasteiger partial charge < -0.3 is 14.2 Å². The molecule has 0 saturated heterocycles. The molecule has 1 N–H and O–H groups in total. The van der Waals surface area contributed by atoms with Gasteiger partial charge in [-0.15, -0.1) is 10.2 Å². The minimum atomic E-state index is -0.810. The molecule has 0 unspecified atom stereocenters. The number of aromatic nitrogens is 6. The number of pyridine rings is 2. The first-order valence-electron chi connectivity index (χ1n) is 12.8. The smallest absolute Gasteiger partial charge is 0.343 e. The Bertz CT molecular complexity index is 1490. The number of carbonyl (C=O) groups is 3. The summed E-state index contributed by atoms with van der Waals surface area (Å²) in [5.41, 5.74) is 1.74. The lowest BCUT2D eigenvalue weighted by atomic mass is 9.99. The van der Waals surface area contributed by atoms with Gasteiger partial charge in [0.1, 0.15) is 17.0 Å². The molecule has 12 heteroatoms. The summed E-state index contributed by atoms with van der Waals surface area (Å²) >= 11 is 0. The molecule has 3 heterocycles. The highest BCUT2D eigenvalue weighted by Crippen LogP contribution is 2.30. The number of carbonyl (C=O) groups excluding carboxylic acids is 3. The Kier molecular flexibility index (Phi) is 9.23. The maximum absolute atomic E-state index is 13.6. The predicted molar refractivity (Wildman–Crippen MR) is 143 cm³/mol. The van der Waals surface area contributed by atoms with Gasteiger partial charge in [-0.1, -0.05) is 43.7 Å². The van der Waals surface area contributed by atoms with Crippen LogP contribution in [0.25, 0.3) is 22.5 Å². The SMILES string of the molecule is CCCCOc1nc(C(=O)c2ccc(-c3ccccc3-c3nn[nH]n3)cn2)c(C(=O)OCC)cc1C(=O)OCC. The number of ether oxygens (including phenoxy) is 3. The molecule has 0 bridgehead atoms. The number of benzene rings is 1. The molecular weight excluding hydrogens is 516 g/mol. The third kappa shape index (κ3) is 6.17. The van der Waals surface area contributed by atoms with E-state index in [4.69, 9.17) is 14.2 Å². The number of nitrogens with one attached hydrogen (secondary N) is 1. The Labute approximate surface area is 230 Å². The summed E-state index contributed by atoms with van der Waals surface area (Å²) in [6.07, 6.45) is 3.07. The number of ketones is 1. The van der Waals surface area contributed by atoms with E-state index in [1.54, 1.807) is 19.9 Å². The molecule has 12 nitrogen and oxygen atoms in total. The summed E-state index contributed by atoms with van der Waals surface area (Å²) in [5.74, 6) is -1.87. The molecule has 0 aliphatic heterocycles. The van der Waals surface area contributed by atoms with E-state index in [0.29, 0.717) is 17.8 Å². The maximum atomic E-state index is 13.6. The van der Waals surface area contributed by atoms with Gasteiger partial charge in [0, 0.05) is 17.3 Å². The largest absolute Gasteiger partial charge is 0.477 e. The zero-order valence-electron chi connectivity index (χ0n) is 22.3. The van der Waals surface area contributed by atoms with E-state index in [9.17, 15) is 14.4 Å². The van der Waals surface area contributed by atoms with Crippen molar-refractivity contribution in [2.75, 3.05) is 19.8 Å². The van der Waals surface area contributed by atoms with Crippen LogP contribution >= 0.6 is 0 Å². The quantitative estimate of drug-likeness (QED) is 0.155. The average Bonchev–Trinajstić information content (AvgIpc) is 3.52. The lowest BCUT2D eigenvalue weighted by Gasteiger charge is -2.14. The van der Waals surface area contributed by atoms with Crippen molar-refractivity contribution < 1.29 is 28.6 Å². The third-order valence-electron chi connectivity index (χ3n) is 5.75. The van der Waals surface area contributed by atoms with Crippen molar-refractivity contribution in [3.63, 3.8) is 0 Å². The molecular formula is C28H28N6O6. The van der Waals surface area contributed by atoms with Crippen LogP contribution in [0, 0.1) is 0 Å². The molecule has 40 heavy (non-hydrogen) atoms. The molecule has 4 rings (SSSR count). The first kappa shape index (κ1) is 28.0. The molecule has 0 aliphatic carbocycles. The Morgan fingerprint density at radius 2 is 1.62 bits per heavy atom. The average molecular weight is 545 g/mol. The lowest BCUT2D eigenvalue weighted by molar-refractivity contribution is 0.0517. The van der Waals surface area contributed by atoms with Crippen LogP contribution in [0.15, 0.2) is 48.7 Å². The highest BCUT2D eigenvalue weighted by molar-refractivity contribution is 6.13. The van der Waals surface area contributed by atoms with E-state index >= 15 is 0 Å². The molecule has 0 aliphatic rings. The van der Waals surface area contributed by atoms with Crippen LogP contribution in [-0.2, 0) is 9.47 Å². The Hall–Kier alpha value is -5.00. The van der Waals surface area contributed by atoms with E-state index in [0.717, 1.165) is 17.5 Å². The van der Waals surface area contributed by atoms with E-state index < -0.39 is 17.7 Å². The van der Waals surface area contributed by atoms with Crippen molar-refractivity contribution in [1.82, 2.24) is 30.6 Å². The van der Waals surface area contributed by atoms with Crippen LogP contribution in [0.2, 0.25) is 0 Å². The number of nitrogens with zero attached hydrogens (tertiary/aromatic N) is 5. The second-order valence-corrected chi connectivity index (χ2v) is 8.42. The monoisotopic (exact) mass is 544 g/mol. The summed E-state index contributed by atoms with van der Waals surface area (Å²) < 4.78 is 16.0. The lowest BCUT2D eigenvalue weighted by Crippen LogP contribution is -2.19. The fourth-order valence-corrected chi connectivity index (χ4v) is 3.83. The van der Waals surface area contributed by atoms with Crippen molar-refractivity contribution in [2.24, 2.45) is 0 Å². The predicted octanol–water partition coefficient (Wildman–Crippen LogP) is 4.09. The number of hydrogen-bond acceptors (Lipinski definition) is 11. The molecule has 3 aromatic heterocycles. The van der Waals surface area contributed by atoms with E-state index in [-0.39, 0.29) is 48.2 Å². The second-order valence-electron chi connectivity index (χ2n) is 8.42. The number of esters is 2. The normalized spacial score (nSPS) is 10.7. The molecule has 0 saturated carbocycles. The summed E-state index contributed by atoms with van der Waals surface area (Å²) in [6.45, 7) is 5.70. The molecule has 0 atom stereocenters. The van der Waals surface area contributed by atoms with E-state index in [2.05, 4.69) is 30.6 Å². The Balaban J connectivity index is 1.75. The number of rotatable bonds is 12. The van der Waals surface area contributed by atoms with Gasteiger partial charge in [0.05, 0.1) is 25.4 Å². The van der Waals surface area contributed by atoms with Gasteiger partial charge >= 0.3 is 11.9 Å². The van der Waals surface area contributed by atoms with E-state index in [1.807, 2.05) is 31.2 Å². The highest BCUT2D eigenvalue weighted by atomic mass is 16.5. The van der Waals surface area contributed by atoms with Gasteiger partial charge in [-0.2, -0.15) is 5.21 Å². The standard InChI is InChI=1S/C28H28N6O6/c1-4-7-14-40-26-21(28(37)39-6-3)15-20(27(36)38-5-2)23(30-26)24(35)22-13-12-17(16-29-22)18-10-8-9-11-19(18)25-31-33-34-32-25/h8-13,15-16H,4-7,14H2,1-3H3,(H,31,32,33,34). The zero-order valence-corrected chi connectivity index (χ0v) is 22.3. The molecule has 206 valence electrons. The van der Waals surface area contributed by atoms with Gasteiger partial charge in [0.2, 0.25) is 17.5 Å². The number of aromatic amines is 1. The van der Waals surface area contributed by atoms with Crippen molar-refractivity contribution in [1.29, 1.82) is 0 Å². The molecule has 0 amide bonds. The molecule has 0 fully saturated rings. The van der Waals surface area contributed by atoms with Gasteiger partial charge in [-0.3, -0.25) is 9.78 Å². The number of H-pyrrole nitrogens is 1. The van der Waals surface area contributed by atoms with Gasteiger partial charge in [-0.05, 0) is 43.2 Å². The number of hydrogen-bond donors (Lipinski definition) is 1. The van der Waals surface area contributed by atoms with Gasteiger partial charge in [-0.25, -0.2) is 14.6 Å². The maximum Gasteiger partial charge on any atom is 0.343 e. The minimum Gasteiger partial charge on any atom is -0.477 e. The fourth-order valence-electron chi connectivity index (χ4n) is 3.83. The molecule has 1 aromatic carbocycles. The summed E-state index contributed by atoms with van der Waals surface area (Å²) in [5, 5.41) is 14.1. The van der Waals surface area contributed by atoms with Crippen LogP contribution in [0.5, 0.6) is 5.88 Å². The molecule has 0 spiro atoms. The number of tetrazole rings is 1. The molecule has 0 radical (unpaired) electrons. The summed E-state index contributed by atoms with van der Waals surface area (Å²) in [4.78, 5) is 47.8. The van der Waals surface area contributed by atoms with Crippen LogP contribution < -0.4 is 4.74 Å². The second kappa shape index (κ2) is 13.2. The summed E-state index contributed by atoms with van der Waals surface area (Å²) in [6, 6.07) is 11.9. The summed E-state index contributed by atoms with van der Waals surface area (Å²) in [7, 11) is 0. The van der Waals surface area contributed by atoms with Crippen LogP contribution in [-0.4, -0.2) is 68.1 Å². The van der Waals surface area contributed by atoms with E-state index in [1.165, 1.54) is 18.3 Å². The number of unbranched alkanes of at least 4 members (excludes halogenated alkanes) is 1. The topological polar surface area (TPSA) is 159 Å². The van der Waals surface area contributed by atoms with Crippen molar-refractivity contribution >= 4 is 17.7 Å². The highest BCUT2D eigenvalue weighted by Gasteiger charge is 2.28. The van der Waals surface area contributed by atoms with Crippen LogP contribution in [0.1, 0.15) is 70.5 Å². The Morgan fingerprint density at radius 3 is 2.25 bits per heavy atom. The van der Waals surface area contributed by atoms with Gasteiger partial charge in [0.25, 0.3) is 0 Å².